The van der Waals surface area contributed by atoms with Crippen LogP contribution in [0.5, 0.6) is 0 Å². The Bertz CT molecular complexity index is 983. The van der Waals surface area contributed by atoms with E-state index in [4.69, 9.17) is 14.7 Å². The Labute approximate surface area is 206 Å². The van der Waals surface area contributed by atoms with E-state index in [-0.39, 0.29) is 17.2 Å². The molecule has 3 rings (SSSR count). The molecule has 9 heteroatoms. The smallest absolute Gasteiger partial charge is 0.251 e. The third-order valence-corrected chi connectivity index (χ3v) is 6.60. The summed E-state index contributed by atoms with van der Waals surface area (Å²) >= 11 is 1.59. The van der Waals surface area contributed by atoms with Crippen LogP contribution in [0.15, 0.2) is 35.5 Å². The summed E-state index contributed by atoms with van der Waals surface area (Å²) < 4.78 is 4.96. The summed E-state index contributed by atoms with van der Waals surface area (Å²) in [6, 6.07) is 9.68. The van der Waals surface area contributed by atoms with Crippen molar-refractivity contribution in [1.29, 1.82) is 0 Å². The van der Waals surface area contributed by atoms with Crippen LogP contribution in [0.1, 0.15) is 49.3 Å². The van der Waals surface area contributed by atoms with Crippen molar-refractivity contribution in [3.8, 4) is 0 Å². The molecule has 0 spiro atoms. The molecule has 0 unspecified atom stereocenters. The molecule has 2 amide bonds. The lowest BCUT2D eigenvalue weighted by Gasteiger charge is -2.35. The number of hydrogen-bond acceptors (Lipinski definition) is 7. The van der Waals surface area contributed by atoms with Gasteiger partial charge in [0.1, 0.15) is 5.82 Å². The molecule has 1 aliphatic rings. The molecule has 8 nitrogen and oxygen atoms in total. The number of hydrogen-bond donors (Lipinski definition) is 1. The van der Waals surface area contributed by atoms with Gasteiger partial charge in [0.2, 0.25) is 5.91 Å². The van der Waals surface area contributed by atoms with Crippen molar-refractivity contribution in [1.82, 2.24) is 20.2 Å². The molecule has 1 aromatic carbocycles. The number of aromatic nitrogens is 2. The molecule has 0 radical (unpaired) electrons. The van der Waals surface area contributed by atoms with Crippen molar-refractivity contribution in [3.63, 3.8) is 0 Å². The highest BCUT2D eigenvalue weighted by atomic mass is 32.2. The molecule has 0 bridgehead atoms. The Morgan fingerprint density at radius 2 is 1.76 bits per heavy atom. The van der Waals surface area contributed by atoms with Crippen molar-refractivity contribution >= 4 is 29.4 Å². The first kappa shape index (κ1) is 26.0. The molecule has 1 saturated heterocycles. The van der Waals surface area contributed by atoms with Crippen LogP contribution < -0.4 is 10.2 Å². The van der Waals surface area contributed by atoms with Gasteiger partial charge in [-0.15, -0.1) is 0 Å². The Balaban J connectivity index is 1.68. The van der Waals surface area contributed by atoms with Crippen LogP contribution in [0.25, 0.3) is 0 Å². The predicted octanol–water partition coefficient (Wildman–Crippen LogP) is 3.11. The van der Waals surface area contributed by atoms with Crippen LogP contribution >= 0.6 is 11.8 Å². The monoisotopic (exact) mass is 485 g/mol. The van der Waals surface area contributed by atoms with Crippen LogP contribution in [-0.4, -0.2) is 73.1 Å². The fourth-order valence-corrected chi connectivity index (χ4v) is 4.35. The van der Waals surface area contributed by atoms with E-state index in [1.54, 1.807) is 25.8 Å². The Morgan fingerprint density at radius 3 is 2.35 bits per heavy atom. The molecular weight excluding hydrogens is 450 g/mol. The first-order valence-corrected chi connectivity index (χ1v) is 12.5. The summed E-state index contributed by atoms with van der Waals surface area (Å²) in [4.78, 5) is 37.6. The Morgan fingerprint density at radius 1 is 1.09 bits per heavy atom. The molecular formula is C25H35N5O3S. The van der Waals surface area contributed by atoms with Gasteiger partial charge in [-0.1, -0.05) is 44.7 Å². The van der Waals surface area contributed by atoms with Gasteiger partial charge in [-0.05, 0) is 17.7 Å². The van der Waals surface area contributed by atoms with Crippen LogP contribution in [0.4, 0.5) is 5.82 Å². The molecule has 1 N–H and O–H groups in total. The third-order valence-electron chi connectivity index (χ3n) is 5.69. The first-order valence-electron chi connectivity index (χ1n) is 11.6. The van der Waals surface area contributed by atoms with Crippen LogP contribution in [0.3, 0.4) is 0 Å². The van der Waals surface area contributed by atoms with E-state index < -0.39 is 0 Å². The van der Waals surface area contributed by atoms with Gasteiger partial charge in [-0.3, -0.25) is 9.59 Å². The van der Waals surface area contributed by atoms with Gasteiger partial charge in [0.15, 0.2) is 5.16 Å². The second kappa shape index (κ2) is 11.7. The summed E-state index contributed by atoms with van der Waals surface area (Å²) in [6.07, 6.45) is 0. The molecule has 0 atom stereocenters. The maximum Gasteiger partial charge on any atom is 0.251 e. The van der Waals surface area contributed by atoms with Crippen LogP contribution in [-0.2, 0) is 20.7 Å². The van der Waals surface area contributed by atoms with Crippen LogP contribution in [0.2, 0.25) is 0 Å². The number of piperazine rings is 1. The quantitative estimate of drug-likeness (QED) is 0.349. The Hall–Kier alpha value is -2.65. The van der Waals surface area contributed by atoms with E-state index in [1.807, 2.05) is 29.2 Å². The largest absolute Gasteiger partial charge is 0.383 e. The lowest BCUT2D eigenvalue weighted by atomic mass is 9.92. The van der Waals surface area contributed by atoms with E-state index in [2.05, 4.69) is 37.1 Å². The number of methoxy groups -OCH3 is 1. The lowest BCUT2D eigenvalue weighted by molar-refractivity contribution is -0.129. The van der Waals surface area contributed by atoms with Gasteiger partial charge < -0.3 is 19.9 Å². The van der Waals surface area contributed by atoms with Crippen molar-refractivity contribution in [3.05, 3.63) is 47.2 Å². The topological polar surface area (TPSA) is 87.7 Å². The molecule has 184 valence electrons. The van der Waals surface area contributed by atoms with E-state index in [0.717, 1.165) is 35.3 Å². The average Bonchev–Trinajstić information content (AvgIpc) is 2.82. The summed E-state index contributed by atoms with van der Waals surface area (Å²) in [6.45, 7) is 12.0. The van der Waals surface area contributed by atoms with E-state index in [1.165, 1.54) is 0 Å². The maximum absolute atomic E-state index is 12.2. The van der Waals surface area contributed by atoms with E-state index in [9.17, 15) is 9.59 Å². The zero-order valence-electron chi connectivity index (χ0n) is 20.8. The number of ether oxygens (including phenoxy) is 1. The lowest BCUT2D eigenvalue weighted by Crippen LogP contribution is -2.48. The number of rotatable bonds is 8. The second-order valence-electron chi connectivity index (χ2n) is 9.37. The number of nitrogens with zero attached hydrogens (tertiary/aromatic N) is 4. The maximum atomic E-state index is 12.2. The summed E-state index contributed by atoms with van der Waals surface area (Å²) in [7, 11) is 1.61. The number of carbonyl (C=O) groups is 2. The van der Waals surface area contributed by atoms with Gasteiger partial charge in [0.05, 0.1) is 12.3 Å². The highest BCUT2D eigenvalue weighted by molar-refractivity contribution is 7.98. The number of nitrogens with one attached hydrogen (secondary N) is 1. The molecule has 0 saturated carbocycles. The molecule has 1 fully saturated rings. The standard InChI is InChI=1S/C25H35N5O3S/c1-18(31)29-11-13-30(14-12-29)22-16-21(25(2,3)4)27-24(28-22)34-17-19-6-8-20(9-7-19)23(32)26-10-15-33-5/h6-9,16H,10-15,17H2,1-5H3,(H,26,32). The van der Waals surface area contributed by atoms with Crippen molar-refractivity contribution in [2.24, 2.45) is 0 Å². The molecule has 0 aliphatic carbocycles. The normalized spacial score (nSPS) is 14.3. The molecule has 1 aliphatic heterocycles. The molecule has 2 aromatic rings. The van der Waals surface area contributed by atoms with E-state index >= 15 is 0 Å². The van der Waals surface area contributed by atoms with Crippen molar-refractivity contribution in [2.45, 2.75) is 44.0 Å². The van der Waals surface area contributed by atoms with Crippen molar-refractivity contribution < 1.29 is 14.3 Å². The minimum atomic E-state index is -0.105. The van der Waals surface area contributed by atoms with Gasteiger partial charge in [0.25, 0.3) is 5.91 Å². The highest BCUT2D eigenvalue weighted by Crippen LogP contribution is 2.29. The Kier molecular flexibility index (Phi) is 8.90. The van der Waals surface area contributed by atoms with E-state index in [0.29, 0.717) is 37.6 Å². The average molecular weight is 486 g/mol. The summed E-state index contributed by atoms with van der Waals surface area (Å²) in [5.74, 6) is 1.63. The third kappa shape index (κ3) is 7.17. The number of amides is 2. The van der Waals surface area contributed by atoms with Crippen LogP contribution in [0, 0.1) is 0 Å². The SMILES string of the molecule is COCCNC(=O)c1ccc(CSc2nc(N3CCN(C(C)=O)CC3)cc(C(C)(C)C)n2)cc1. The molecule has 2 heterocycles. The number of thioether (sulfide) groups is 1. The minimum Gasteiger partial charge on any atom is -0.383 e. The minimum absolute atomic E-state index is 0.105. The van der Waals surface area contributed by atoms with Crippen molar-refractivity contribution in [2.75, 3.05) is 51.3 Å². The second-order valence-corrected chi connectivity index (χ2v) is 10.3. The van der Waals surface area contributed by atoms with Gasteiger partial charge in [-0.25, -0.2) is 9.97 Å². The van der Waals surface area contributed by atoms with Gasteiger partial charge >= 0.3 is 0 Å². The number of carbonyl (C=O) groups excluding carboxylic acids is 2. The zero-order chi connectivity index (χ0) is 24.7. The summed E-state index contributed by atoms with van der Waals surface area (Å²) in [5, 5.41) is 3.56. The number of benzene rings is 1. The number of anilines is 1. The highest BCUT2D eigenvalue weighted by Gasteiger charge is 2.23. The summed E-state index contributed by atoms with van der Waals surface area (Å²) in [5.41, 5.74) is 2.62. The molecule has 34 heavy (non-hydrogen) atoms. The zero-order valence-corrected chi connectivity index (χ0v) is 21.6. The molecule has 1 aromatic heterocycles. The predicted molar refractivity (Wildman–Crippen MR) is 135 cm³/mol. The van der Waals surface area contributed by atoms with Gasteiger partial charge in [-0.2, -0.15) is 0 Å². The fourth-order valence-electron chi connectivity index (χ4n) is 3.54. The van der Waals surface area contributed by atoms with Gasteiger partial charge in [0, 0.05) is 69.6 Å². The fraction of sp³-hybridized carbons (Fsp3) is 0.520. The first-order chi connectivity index (χ1) is 16.2.